The average molecular weight is 552 g/mol. The van der Waals surface area contributed by atoms with Crippen molar-refractivity contribution in [3.05, 3.63) is 59.3 Å². The second kappa shape index (κ2) is 10.7. The standard InChI is InChI=1S/C28H30ClN5O3S/c1-28(2,3)24(33-27-32-22(16-38-27)17-6-5-10-30-13-17)26(35)34-11-9-19(15-34)37-25-21-12-18(29)7-8-20(21)23(36-4)14-31-25/h5-8,10,12-14,16,19,24H,9,11,15H2,1-4H3,(H,32,33)/t19-,24-/m1/s1. The number of pyridine rings is 2. The van der Waals surface area contributed by atoms with Crippen LogP contribution in [-0.2, 0) is 4.79 Å². The molecule has 1 aliphatic heterocycles. The number of benzene rings is 1. The third-order valence-corrected chi connectivity index (χ3v) is 7.58. The Morgan fingerprint density at radius 1 is 1.24 bits per heavy atom. The topological polar surface area (TPSA) is 89.5 Å². The van der Waals surface area contributed by atoms with Gasteiger partial charge in [0.2, 0.25) is 11.8 Å². The molecule has 1 N–H and O–H groups in total. The number of likely N-dealkylation sites (tertiary alicyclic amines) is 1. The summed E-state index contributed by atoms with van der Waals surface area (Å²) in [6.45, 7) is 7.24. The first-order valence-electron chi connectivity index (χ1n) is 12.4. The van der Waals surface area contributed by atoms with E-state index < -0.39 is 6.04 Å². The summed E-state index contributed by atoms with van der Waals surface area (Å²) < 4.78 is 11.7. The van der Waals surface area contributed by atoms with E-state index in [9.17, 15) is 4.79 Å². The molecular formula is C28H30ClN5O3S. The Balaban J connectivity index is 1.30. The Hall–Kier alpha value is -3.43. The van der Waals surface area contributed by atoms with Crippen molar-refractivity contribution < 1.29 is 14.3 Å². The van der Waals surface area contributed by atoms with Crippen LogP contribution in [0, 0.1) is 5.41 Å². The largest absolute Gasteiger partial charge is 0.494 e. The summed E-state index contributed by atoms with van der Waals surface area (Å²) in [5.74, 6) is 1.16. The van der Waals surface area contributed by atoms with E-state index in [1.165, 1.54) is 11.3 Å². The smallest absolute Gasteiger partial charge is 0.245 e. The van der Waals surface area contributed by atoms with Crippen molar-refractivity contribution in [2.75, 3.05) is 25.5 Å². The number of aromatic nitrogens is 3. The summed E-state index contributed by atoms with van der Waals surface area (Å²) >= 11 is 7.74. The number of carbonyl (C=O) groups excluding carboxylic acids is 1. The fourth-order valence-corrected chi connectivity index (χ4v) is 5.47. The number of hydrogen-bond donors (Lipinski definition) is 1. The number of thiazole rings is 1. The van der Waals surface area contributed by atoms with Crippen LogP contribution >= 0.6 is 22.9 Å². The third kappa shape index (κ3) is 5.54. The van der Waals surface area contributed by atoms with Gasteiger partial charge in [-0.3, -0.25) is 9.78 Å². The maximum atomic E-state index is 13.7. The van der Waals surface area contributed by atoms with Crippen molar-refractivity contribution in [2.24, 2.45) is 5.41 Å². The average Bonchev–Trinajstić information content (AvgIpc) is 3.57. The first-order valence-corrected chi connectivity index (χ1v) is 13.7. The van der Waals surface area contributed by atoms with E-state index in [2.05, 4.69) is 36.1 Å². The zero-order chi connectivity index (χ0) is 26.9. The van der Waals surface area contributed by atoms with Gasteiger partial charge >= 0.3 is 0 Å². The minimum Gasteiger partial charge on any atom is -0.494 e. The first kappa shape index (κ1) is 26.2. The lowest BCUT2D eigenvalue weighted by atomic mass is 9.86. The molecule has 5 rings (SSSR count). The number of ether oxygens (including phenoxy) is 2. The molecule has 1 aliphatic rings. The summed E-state index contributed by atoms with van der Waals surface area (Å²) in [6, 6.07) is 8.94. The Morgan fingerprint density at radius 2 is 2.08 bits per heavy atom. The lowest BCUT2D eigenvalue weighted by molar-refractivity contribution is -0.133. The summed E-state index contributed by atoms with van der Waals surface area (Å²) in [5, 5.41) is 8.33. The fourth-order valence-electron chi connectivity index (χ4n) is 4.55. The SMILES string of the molecule is COc1cnc(O[C@@H]2CCN(C(=O)[C@@H](Nc3nc(-c4cccnc4)cs3)C(C)(C)C)C2)c2cc(Cl)ccc12. The molecule has 0 bridgehead atoms. The highest BCUT2D eigenvalue weighted by molar-refractivity contribution is 7.14. The van der Waals surface area contributed by atoms with Gasteiger partial charge in [-0.2, -0.15) is 0 Å². The number of methoxy groups -OCH3 is 1. The molecule has 1 amide bonds. The number of halogens is 1. The van der Waals surface area contributed by atoms with Crippen LogP contribution in [-0.4, -0.2) is 58.1 Å². The van der Waals surface area contributed by atoms with Crippen LogP contribution in [0.3, 0.4) is 0 Å². The number of anilines is 1. The van der Waals surface area contributed by atoms with Crippen LogP contribution in [0.25, 0.3) is 22.0 Å². The van der Waals surface area contributed by atoms with Gasteiger partial charge in [-0.1, -0.05) is 32.4 Å². The van der Waals surface area contributed by atoms with Gasteiger partial charge in [0, 0.05) is 52.1 Å². The Kier molecular flexibility index (Phi) is 7.40. The molecule has 198 valence electrons. The first-order chi connectivity index (χ1) is 18.2. The van der Waals surface area contributed by atoms with E-state index in [-0.39, 0.29) is 17.4 Å². The molecule has 0 spiro atoms. The normalized spacial score (nSPS) is 16.4. The summed E-state index contributed by atoms with van der Waals surface area (Å²) in [5.41, 5.74) is 1.44. The van der Waals surface area contributed by atoms with Crippen LogP contribution < -0.4 is 14.8 Å². The van der Waals surface area contributed by atoms with E-state index in [1.807, 2.05) is 40.6 Å². The molecular weight excluding hydrogens is 522 g/mol. The molecule has 0 radical (unpaired) electrons. The minimum absolute atomic E-state index is 0.0253. The van der Waals surface area contributed by atoms with Crippen molar-refractivity contribution in [2.45, 2.75) is 39.3 Å². The predicted octanol–water partition coefficient (Wildman–Crippen LogP) is 5.92. The molecule has 2 atom stereocenters. The van der Waals surface area contributed by atoms with E-state index in [0.717, 1.165) is 22.0 Å². The highest BCUT2D eigenvalue weighted by atomic mass is 35.5. The fraction of sp³-hybridized carbons (Fsp3) is 0.357. The molecule has 0 saturated carbocycles. The zero-order valence-electron chi connectivity index (χ0n) is 21.8. The van der Waals surface area contributed by atoms with Crippen molar-refractivity contribution >= 4 is 44.7 Å². The Labute approximate surface area is 231 Å². The zero-order valence-corrected chi connectivity index (χ0v) is 23.3. The quantitative estimate of drug-likeness (QED) is 0.305. The molecule has 10 heteroatoms. The molecule has 8 nitrogen and oxygen atoms in total. The van der Waals surface area contributed by atoms with E-state index in [1.54, 1.807) is 25.7 Å². The molecule has 4 heterocycles. The van der Waals surface area contributed by atoms with Crippen molar-refractivity contribution in [1.29, 1.82) is 0 Å². The second-order valence-electron chi connectivity index (χ2n) is 10.4. The molecule has 38 heavy (non-hydrogen) atoms. The van der Waals surface area contributed by atoms with Gasteiger partial charge in [0.15, 0.2) is 5.13 Å². The number of carbonyl (C=O) groups is 1. The van der Waals surface area contributed by atoms with Crippen LogP contribution in [0.4, 0.5) is 5.13 Å². The van der Waals surface area contributed by atoms with Crippen LogP contribution in [0.2, 0.25) is 5.02 Å². The van der Waals surface area contributed by atoms with Crippen molar-refractivity contribution in [1.82, 2.24) is 19.9 Å². The van der Waals surface area contributed by atoms with Gasteiger partial charge in [-0.15, -0.1) is 11.3 Å². The van der Waals surface area contributed by atoms with E-state index in [0.29, 0.717) is 41.3 Å². The Bertz CT molecular complexity index is 1440. The molecule has 1 fully saturated rings. The van der Waals surface area contributed by atoms with Gasteiger partial charge in [0.05, 0.1) is 25.5 Å². The molecule has 1 saturated heterocycles. The lowest BCUT2D eigenvalue weighted by Crippen LogP contribution is -2.49. The van der Waals surface area contributed by atoms with Crippen molar-refractivity contribution in [3.63, 3.8) is 0 Å². The molecule has 0 aliphatic carbocycles. The lowest BCUT2D eigenvalue weighted by Gasteiger charge is -2.33. The summed E-state index contributed by atoms with van der Waals surface area (Å²) in [6.07, 6.45) is 5.69. The molecule has 1 aromatic carbocycles. The second-order valence-corrected chi connectivity index (χ2v) is 11.7. The van der Waals surface area contributed by atoms with Gasteiger partial charge in [0.1, 0.15) is 17.9 Å². The monoisotopic (exact) mass is 551 g/mol. The van der Waals surface area contributed by atoms with Crippen LogP contribution in [0.1, 0.15) is 27.2 Å². The number of nitrogens with zero attached hydrogens (tertiary/aromatic N) is 4. The number of fused-ring (bicyclic) bond motifs is 1. The summed E-state index contributed by atoms with van der Waals surface area (Å²) in [7, 11) is 1.61. The number of rotatable bonds is 7. The van der Waals surface area contributed by atoms with Gasteiger partial charge in [0.25, 0.3) is 0 Å². The van der Waals surface area contributed by atoms with Crippen molar-refractivity contribution in [3.8, 4) is 22.9 Å². The van der Waals surface area contributed by atoms with E-state index >= 15 is 0 Å². The highest BCUT2D eigenvalue weighted by Crippen LogP contribution is 2.35. The molecule has 4 aromatic rings. The molecule has 0 unspecified atom stereocenters. The Morgan fingerprint density at radius 3 is 2.82 bits per heavy atom. The highest BCUT2D eigenvalue weighted by Gasteiger charge is 2.38. The predicted molar refractivity (Wildman–Crippen MR) is 151 cm³/mol. The minimum atomic E-state index is -0.451. The summed E-state index contributed by atoms with van der Waals surface area (Å²) in [4.78, 5) is 29.0. The third-order valence-electron chi connectivity index (χ3n) is 6.57. The van der Waals surface area contributed by atoms with Gasteiger partial charge < -0.3 is 19.7 Å². The van der Waals surface area contributed by atoms with Gasteiger partial charge in [-0.25, -0.2) is 9.97 Å². The maximum absolute atomic E-state index is 13.7. The number of amides is 1. The number of nitrogens with one attached hydrogen (secondary N) is 1. The van der Waals surface area contributed by atoms with E-state index in [4.69, 9.17) is 26.1 Å². The number of hydrogen-bond acceptors (Lipinski definition) is 8. The molecule has 3 aromatic heterocycles. The van der Waals surface area contributed by atoms with Crippen LogP contribution in [0.5, 0.6) is 11.6 Å². The maximum Gasteiger partial charge on any atom is 0.245 e. The van der Waals surface area contributed by atoms with Gasteiger partial charge in [-0.05, 0) is 35.7 Å². The van der Waals surface area contributed by atoms with Crippen LogP contribution in [0.15, 0.2) is 54.3 Å².